The van der Waals surface area contributed by atoms with Crippen molar-refractivity contribution in [2.45, 2.75) is 45.4 Å². The Morgan fingerprint density at radius 3 is 2.29 bits per heavy atom. The number of hydrogen-bond acceptors (Lipinski definition) is 4. The Bertz CT molecular complexity index is 1350. The van der Waals surface area contributed by atoms with Crippen LogP contribution in [0.2, 0.25) is 0 Å². The average Bonchev–Trinajstić information content (AvgIpc) is 2.81. The third kappa shape index (κ3) is 6.48. The first-order valence-corrected chi connectivity index (χ1v) is 13.0. The van der Waals surface area contributed by atoms with E-state index >= 15 is 0 Å². The summed E-state index contributed by atoms with van der Waals surface area (Å²) in [4.78, 5) is 25.6. The van der Waals surface area contributed by atoms with Crippen LogP contribution in [-0.4, -0.2) is 26.8 Å². The zero-order valence-electron chi connectivity index (χ0n) is 20.4. The van der Waals surface area contributed by atoms with Crippen LogP contribution >= 0.6 is 0 Å². The molecule has 0 spiro atoms. The van der Waals surface area contributed by atoms with Crippen LogP contribution in [0.1, 0.15) is 57.2 Å². The molecule has 0 aromatic heterocycles. The number of unbranched alkanes of at least 4 members (excludes halogenated alkanes) is 1. The molecule has 35 heavy (non-hydrogen) atoms. The molecule has 0 aliphatic carbocycles. The maximum absolute atomic E-state index is 13.2. The van der Waals surface area contributed by atoms with Crippen molar-refractivity contribution in [3.8, 4) is 0 Å². The molecular formula is C27H31N3O4S. The molecule has 3 aromatic rings. The van der Waals surface area contributed by atoms with Gasteiger partial charge in [0.05, 0.1) is 21.8 Å². The Morgan fingerprint density at radius 2 is 1.57 bits per heavy atom. The lowest BCUT2D eigenvalue weighted by Crippen LogP contribution is -2.26. The third-order valence-electron chi connectivity index (χ3n) is 5.60. The summed E-state index contributed by atoms with van der Waals surface area (Å²) in [6.45, 7) is 8.02. The van der Waals surface area contributed by atoms with E-state index in [0.717, 1.165) is 24.0 Å². The molecule has 2 amide bonds. The molecule has 3 aromatic carbocycles. The van der Waals surface area contributed by atoms with E-state index in [2.05, 4.69) is 15.4 Å². The number of amides is 2. The largest absolute Gasteiger partial charge is 0.352 e. The number of nitrogens with one attached hydrogen (secondary N) is 3. The Labute approximate surface area is 207 Å². The summed E-state index contributed by atoms with van der Waals surface area (Å²) < 4.78 is 29.0. The smallest absolute Gasteiger partial charge is 0.262 e. The summed E-state index contributed by atoms with van der Waals surface area (Å²) in [6, 6.07) is 16.7. The van der Waals surface area contributed by atoms with Gasteiger partial charge in [0.15, 0.2) is 0 Å². The lowest BCUT2D eigenvalue weighted by molar-refractivity contribution is 0.0954. The fourth-order valence-corrected chi connectivity index (χ4v) is 5.02. The zero-order valence-corrected chi connectivity index (χ0v) is 21.3. The van der Waals surface area contributed by atoms with Crippen LogP contribution < -0.4 is 15.4 Å². The van der Waals surface area contributed by atoms with Gasteiger partial charge in [0, 0.05) is 12.1 Å². The van der Waals surface area contributed by atoms with Crippen LogP contribution in [0, 0.1) is 20.8 Å². The minimum Gasteiger partial charge on any atom is -0.352 e. The standard InChI is InChI=1S/C27H31N3O4S/c1-5-6-15-28-27(32)22-9-7-8-10-24(22)29-26(31)21-13-12-19(3)25(17-21)35(33,34)30-23-14-11-18(2)16-20(23)4/h7-14,16-17,30H,5-6,15H2,1-4H3,(H,28,32)(H,29,31). The molecule has 0 aliphatic heterocycles. The van der Waals surface area contributed by atoms with E-state index in [9.17, 15) is 18.0 Å². The maximum atomic E-state index is 13.2. The first-order chi connectivity index (χ1) is 16.6. The number of carbonyl (C=O) groups excluding carboxylic acids is 2. The third-order valence-corrected chi connectivity index (χ3v) is 7.11. The number of rotatable bonds is 9. The highest BCUT2D eigenvalue weighted by Gasteiger charge is 2.21. The predicted octanol–water partition coefficient (Wildman–Crippen LogP) is 5.19. The second-order valence-corrected chi connectivity index (χ2v) is 10.2. The highest BCUT2D eigenvalue weighted by molar-refractivity contribution is 7.92. The van der Waals surface area contributed by atoms with Crippen molar-refractivity contribution in [1.82, 2.24) is 5.32 Å². The van der Waals surface area contributed by atoms with Crippen molar-refractivity contribution >= 4 is 33.2 Å². The van der Waals surface area contributed by atoms with Crippen LogP contribution in [-0.2, 0) is 10.0 Å². The second kappa shape index (κ2) is 11.2. The van der Waals surface area contributed by atoms with Gasteiger partial charge in [0.1, 0.15) is 0 Å². The maximum Gasteiger partial charge on any atom is 0.262 e. The summed E-state index contributed by atoms with van der Waals surface area (Å²) >= 11 is 0. The Kier molecular flexibility index (Phi) is 8.30. The van der Waals surface area contributed by atoms with Crippen molar-refractivity contribution in [2.24, 2.45) is 0 Å². The zero-order chi connectivity index (χ0) is 25.6. The summed E-state index contributed by atoms with van der Waals surface area (Å²) in [6.07, 6.45) is 1.81. The predicted molar refractivity (Wildman–Crippen MR) is 140 cm³/mol. The Balaban J connectivity index is 1.85. The average molecular weight is 494 g/mol. The van der Waals surface area contributed by atoms with E-state index in [4.69, 9.17) is 0 Å². The lowest BCUT2D eigenvalue weighted by atomic mass is 10.1. The highest BCUT2D eigenvalue weighted by Crippen LogP contribution is 2.24. The first kappa shape index (κ1) is 26.0. The number of aryl methyl sites for hydroxylation is 3. The summed E-state index contributed by atoms with van der Waals surface area (Å²) in [5, 5.41) is 5.59. The fraction of sp³-hybridized carbons (Fsp3) is 0.259. The van der Waals surface area contributed by atoms with E-state index in [1.807, 2.05) is 32.9 Å². The molecule has 0 saturated carbocycles. The van der Waals surface area contributed by atoms with Gasteiger partial charge in [-0.3, -0.25) is 14.3 Å². The van der Waals surface area contributed by atoms with Crippen LogP contribution in [0.3, 0.4) is 0 Å². The molecule has 0 unspecified atom stereocenters. The van der Waals surface area contributed by atoms with Crippen molar-refractivity contribution in [1.29, 1.82) is 0 Å². The molecule has 3 rings (SSSR count). The van der Waals surface area contributed by atoms with E-state index < -0.39 is 15.9 Å². The van der Waals surface area contributed by atoms with Crippen molar-refractivity contribution < 1.29 is 18.0 Å². The van der Waals surface area contributed by atoms with Crippen LogP contribution in [0.5, 0.6) is 0 Å². The molecule has 0 bridgehead atoms. The van der Waals surface area contributed by atoms with Gasteiger partial charge < -0.3 is 10.6 Å². The molecule has 3 N–H and O–H groups in total. The van der Waals surface area contributed by atoms with Crippen molar-refractivity contribution in [3.05, 3.63) is 88.5 Å². The van der Waals surface area contributed by atoms with Crippen molar-refractivity contribution in [3.63, 3.8) is 0 Å². The molecule has 8 heteroatoms. The number of para-hydroxylation sites is 1. The molecule has 184 valence electrons. The van der Waals surface area contributed by atoms with Crippen LogP contribution in [0.25, 0.3) is 0 Å². The quantitative estimate of drug-likeness (QED) is 0.357. The molecule has 0 fully saturated rings. The summed E-state index contributed by atoms with van der Waals surface area (Å²) in [5.74, 6) is -0.791. The van der Waals surface area contributed by atoms with E-state index in [0.29, 0.717) is 29.0 Å². The molecule has 0 heterocycles. The van der Waals surface area contributed by atoms with E-state index in [1.165, 1.54) is 6.07 Å². The Hall–Kier alpha value is -3.65. The molecule has 7 nitrogen and oxygen atoms in total. The fourth-order valence-electron chi connectivity index (χ4n) is 3.62. The topological polar surface area (TPSA) is 104 Å². The molecule has 0 radical (unpaired) electrons. The number of carbonyl (C=O) groups is 2. The molecule has 0 aliphatic rings. The van der Waals surface area contributed by atoms with E-state index in [1.54, 1.807) is 49.4 Å². The minimum absolute atomic E-state index is 0.00992. The summed E-state index contributed by atoms with van der Waals surface area (Å²) in [7, 11) is -3.94. The monoisotopic (exact) mass is 493 g/mol. The van der Waals surface area contributed by atoms with Gasteiger partial charge in [-0.1, -0.05) is 49.2 Å². The van der Waals surface area contributed by atoms with Crippen molar-refractivity contribution in [2.75, 3.05) is 16.6 Å². The van der Waals surface area contributed by atoms with Gasteiger partial charge in [0.25, 0.3) is 21.8 Å². The highest BCUT2D eigenvalue weighted by atomic mass is 32.2. The first-order valence-electron chi connectivity index (χ1n) is 11.5. The molecular weight excluding hydrogens is 462 g/mol. The summed E-state index contributed by atoms with van der Waals surface area (Å²) in [5.41, 5.74) is 3.67. The minimum atomic E-state index is -3.94. The number of hydrogen-bond donors (Lipinski definition) is 3. The normalized spacial score (nSPS) is 11.1. The SMILES string of the molecule is CCCCNC(=O)c1ccccc1NC(=O)c1ccc(C)c(S(=O)(=O)Nc2ccc(C)cc2C)c1. The van der Waals surface area contributed by atoms with E-state index in [-0.39, 0.29) is 16.4 Å². The lowest BCUT2D eigenvalue weighted by Gasteiger charge is -2.15. The second-order valence-electron chi connectivity index (χ2n) is 8.51. The number of sulfonamides is 1. The molecule has 0 saturated heterocycles. The van der Waals surface area contributed by atoms with Gasteiger partial charge in [-0.05, 0) is 68.7 Å². The van der Waals surface area contributed by atoms with Gasteiger partial charge >= 0.3 is 0 Å². The number of anilines is 2. The van der Waals surface area contributed by atoms with Gasteiger partial charge in [-0.25, -0.2) is 8.42 Å². The number of benzene rings is 3. The molecule has 0 atom stereocenters. The van der Waals surface area contributed by atoms with Crippen LogP contribution in [0.15, 0.2) is 65.6 Å². The van der Waals surface area contributed by atoms with Gasteiger partial charge in [0.2, 0.25) is 0 Å². The van der Waals surface area contributed by atoms with Gasteiger partial charge in [-0.2, -0.15) is 0 Å². The van der Waals surface area contributed by atoms with Crippen LogP contribution in [0.4, 0.5) is 11.4 Å². The Morgan fingerprint density at radius 1 is 0.829 bits per heavy atom. The van der Waals surface area contributed by atoms with Gasteiger partial charge in [-0.15, -0.1) is 0 Å².